The van der Waals surface area contributed by atoms with Gasteiger partial charge in [0.25, 0.3) is 11.8 Å². The van der Waals surface area contributed by atoms with Crippen LogP contribution in [0.4, 0.5) is 0 Å². The van der Waals surface area contributed by atoms with Crippen LogP contribution in [0.2, 0.25) is 0 Å². The van der Waals surface area contributed by atoms with Crippen molar-refractivity contribution in [2.24, 2.45) is 5.73 Å². The Morgan fingerprint density at radius 3 is 2.36 bits per heavy atom. The van der Waals surface area contributed by atoms with Crippen LogP contribution in [-0.2, 0) is 14.3 Å². The number of rotatable bonds is 5. The quantitative estimate of drug-likeness (QED) is 0.479. The van der Waals surface area contributed by atoms with E-state index in [2.05, 4.69) is 0 Å². The Morgan fingerprint density at radius 2 is 1.79 bits per heavy atom. The largest absolute Gasteiger partial charge is 0.362 e. The lowest BCUT2D eigenvalue weighted by molar-refractivity contribution is -0.158. The van der Waals surface area contributed by atoms with E-state index in [9.17, 15) is 9.59 Å². The average molecular weight is 200 g/mol. The molecule has 0 bridgehead atoms. The fourth-order valence-corrected chi connectivity index (χ4v) is 1.36. The van der Waals surface area contributed by atoms with E-state index in [0.29, 0.717) is 13.1 Å². The number of ether oxygens (including phenoxy) is 1. The minimum atomic E-state index is -0.228. The summed E-state index contributed by atoms with van der Waals surface area (Å²) < 4.78 is 4.79. The molecule has 1 fully saturated rings. The molecule has 2 amide bonds. The van der Waals surface area contributed by atoms with Crippen LogP contribution in [-0.4, -0.2) is 43.0 Å². The third kappa shape index (κ3) is 3.08. The van der Waals surface area contributed by atoms with Gasteiger partial charge in [0.15, 0.2) is 0 Å². The molecule has 5 heteroatoms. The highest BCUT2D eigenvalue weighted by atomic mass is 16.5. The topological polar surface area (TPSA) is 72.6 Å². The zero-order chi connectivity index (χ0) is 10.4. The second-order valence-corrected chi connectivity index (χ2v) is 3.28. The van der Waals surface area contributed by atoms with Crippen LogP contribution in [0.5, 0.6) is 0 Å². The predicted molar refractivity (Wildman–Crippen MR) is 50.4 cm³/mol. The van der Waals surface area contributed by atoms with E-state index >= 15 is 0 Å². The maximum Gasteiger partial charge on any atom is 0.255 e. The molecule has 1 rings (SSSR count). The second kappa shape index (κ2) is 5.72. The van der Waals surface area contributed by atoms with Crippen molar-refractivity contribution in [1.29, 1.82) is 0 Å². The van der Waals surface area contributed by atoms with Gasteiger partial charge in [-0.25, -0.2) is 0 Å². The summed E-state index contributed by atoms with van der Waals surface area (Å²) in [6.45, 7) is 1.22. The van der Waals surface area contributed by atoms with E-state index in [0.717, 1.165) is 19.3 Å². The maximum absolute atomic E-state index is 11.2. The van der Waals surface area contributed by atoms with Gasteiger partial charge in [-0.15, -0.1) is 0 Å². The second-order valence-electron chi connectivity index (χ2n) is 3.28. The van der Waals surface area contributed by atoms with Crippen molar-refractivity contribution in [3.8, 4) is 0 Å². The van der Waals surface area contributed by atoms with Crippen LogP contribution in [0.15, 0.2) is 0 Å². The molecule has 5 nitrogen and oxygen atoms in total. The highest BCUT2D eigenvalue weighted by Crippen LogP contribution is 2.04. The first-order valence-electron chi connectivity index (χ1n) is 4.86. The van der Waals surface area contributed by atoms with Gasteiger partial charge in [-0.2, -0.15) is 0 Å². The number of nitrogens with zero attached hydrogens (tertiary/aromatic N) is 1. The van der Waals surface area contributed by atoms with E-state index in [1.165, 1.54) is 4.90 Å². The molecule has 0 aliphatic carbocycles. The van der Waals surface area contributed by atoms with Crippen LogP contribution in [0, 0.1) is 0 Å². The van der Waals surface area contributed by atoms with Crippen molar-refractivity contribution < 1.29 is 14.3 Å². The van der Waals surface area contributed by atoms with Gasteiger partial charge in [-0.3, -0.25) is 14.5 Å². The molecular formula is C9H16N2O3. The fraction of sp³-hybridized carbons (Fsp3) is 0.778. The van der Waals surface area contributed by atoms with Crippen molar-refractivity contribution in [3.05, 3.63) is 0 Å². The zero-order valence-electron chi connectivity index (χ0n) is 8.20. The highest BCUT2D eigenvalue weighted by Gasteiger charge is 2.25. The number of carbonyl (C=O) groups excluding carboxylic acids is 2. The molecule has 0 saturated carbocycles. The summed E-state index contributed by atoms with van der Waals surface area (Å²) in [5, 5.41) is 0. The van der Waals surface area contributed by atoms with Gasteiger partial charge in [0, 0.05) is 6.54 Å². The minimum Gasteiger partial charge on any atom is -0.362 e. The monoisotopic (exact) mass is 200 g/mol. The summed E-state index contributed by atoms with van der Waals surface area (Å²) in [7, 11) is 0. The molecular weight excluding hydrogens is 184 g/mol. The third-order valence-electron chi connectivity index (χ3n) is 2.14. The van der Waals surface area contributed by atoms with Gasteiger partial charge in [0.2, 0.25) is 0 Å². The van der Waals surface area contributed by atoms with Gasteiger partial charge in [0.1, 0.15) is 13.2 Å². The number of hydrogen-bond acceptors (Lipinski definition) is 4. The highest BCUT2D eigenvalue weighted by molar-refractivity contribution is 5.98. The normalized spacial score (nSPS) is 17.6. The Balaban J connectivity index is 2.26. The lowest BCUT2D eigenvalue weighted by Gasteiger charge is -2.24. The molecule has 1 aliphatic heterocycles. The van der Waals surface area contributed by atoms with Gasteiger partial charge in [-0.05, 0) is 19.4 Å². The molecule has 1 saturated heterocycles. The zero-order valence-corrected chi connectivity index (χ0v) is 8.20. The summed E-state index contributed by atoms with van der Waals surface area (Å²) in [6.07, 6.45) is 2.72. The van der Waals surface area contributed by atoms with Crippen LogP contribution in [0.3, 0.4) is 0 Å². The molecule has 2 N–H and O–H groups in total. The van der Waals surface area contributed by atoms with Crippen molar-refractivity contribution in [1.82, 2.24) is 4.90 Å². The van der Waals surface area contributed by atoms with Gasteiger partial charge < -0.3 is 10.5 Å². The van der Waals surface area contributed by atoms with Crippen LogP contribution >= 0.6 is 0 Å². The first-order chi connectivity index (χ1) is 6.75. The molecule has 1 heterocycles. The smallest absolute Gasteiger partial charge is 0.255 e. The van der Waals surface area contributed by atoms with Crippen molar-refractivity contribution in [2.45, 2.75) is 19.3 Å². The number of morpholine rings is 1. The number of amides is 2. The number of hydrogen-bond donors (Lipinski definition) is 1. The van der Waals surface area contributed by atoms with Crippen LogP contribution in [0.1, 0.15) is 19.3 Å². The Kier molecular flexibility index (Phi) is 4.55. The van der Waals surface area contributed by atoms with Crippen molar-refractivity contribution in [3.63, 3.8) is 0 Å². The lowest BCUT2D eigenvalue weighted by Crippen LogP contribution is -2.46. The molecule has 14 heavy (non-hydrogen) atoms. The third-order valence-corrected chi connectivity index (χ3v) is 2.14. The minimum absolute atomic E-state index is 0.0304. The summed E-state index contributed by atoms with van der Waals surface area (Å²) in [5.41, 5.74) is 5.33. The summed E-state index contributed by atoms with van der Waals surface area (Å²) in [5.74, 6) is -0.456. The first-order valence-corrected chi connectivity index (χ1v) is 4.86. The lowest BCUT2D eigenvalue weighted by atomic mass is 10.2. The molecule has 0 aromatic carbocycles. The number of imide groups is 1. The van der Waals surface area contributed by atoms with Gasteiger partial charge >= 0.3 is 0 Å². The SMILES string of the molecule is NCCCCCN1C(=O)COCC1=O. The Morgan fingerprint density at radius 1 is 1.14 bits per heavy atom. The predicted octanol–water partition coefficient (Wildman–Crippen LogP) is -0.499. The Labute approximate surface area is 83.2 Å². The molecule has 0 aromatic heterocycles. The molecule has 0 spiro atoms. The van der Waals surface area contributed by atoms with E-state index in [1.807, 2.05) is 0 Å². The molecule has 0 radical (unpaired) electrons. The molecule has 0 aromatic rings. The summed E-state index contributed by atoms with van der Waals surface area (Å²) >= 11 is 0. The maximum atomic E-state index is 11.2. The summed E-state index contributed by atoms with van der Waals surface area (Å²) in [4.78, 5) is 23.7. The molecule has 0 atom stereocenters. The van der Waals surface area contributed by atoms with E-state index in [-0.39, 0.29) is 25.0 Å². The fourth-order valence-electron chi connectivity index (χ4n) is 1.36. The van der Waals surface area contributed by atoms with E-state index in [1.54, 1.807) is 0 Å². The Hall–Kier alpha value is -0.940. The van der Waals surface area contributed by atoms with Gasteiger partial charge in [-0.1, -0.05) is 6.42 Å². The van der Waals surface area contributed by atoms with Gasteiger partial charge in [0.05, 0.1) is 0 Å². The molecule has 0 unspecified atom stereocenters. The molecule has 1 aliphatic rings. The van der Waals surface area contributed by atoms with Crippen molar-refractivity contribution >= 4 is 11.8 Å². The van der Waals surface area contributed by atoms with E-state index in [4.69, 9.17) is 10.5 Å². The Bertz CT molecular complexity index is 202. The standard InChI is InChI=1S/C9H16N2O3/c10-4-2-1-3-5-11-8(12)6-14-7-9(11)13/h1-7,10H2. The number of unbranched alkanes of at least 4 members (excludes halogenated alkanes) is 2. The average Bonchev–Trinajstić information content (AvgIpc) is 2.16. The van der Waals surface area contributed by atoms with Crippen LogP contribution in [0.25, 0.3) is 0 Å². The first kappa shape index (κ1) is 11.1. The van der Waals surface area contributed by atoms with Crippen molar-refractivity contribution in [2.75, 3.05) is 26.3 Å². The molecule has 80 valence electrons. The van der Waals surface area contributed by atoms with Crippen LogP contribution < -0.4 is 5.73 Å². The number of nitrogens with two attached hydrogens (primary N) is 1. The number of carbonyl (C=O) groups is 2. The summed E-state index contributed by atoms with van der Waals surface area (Å²) in [6, 6.07) is 0. The van der Waals surface area contributed by atoms with E-state index < -0.39 is 0 Å².